The summed E-state index contributed by atoms with van der Waals surface area (Å²) in [5.41, 5.74) is 7.22. The van der Waals surface area contributed by atoms with E-state index < -0.39 is 0 Å². The molecule has 3 heteroatoms. The predicted molar refractivity (Wildman–Crippen MR) is 59.6 cm³/mol. The fourth-order valence-corrected chi connectivity index (χ4v) is 2.09. The molecule has 2 rings (SSSR count). The molecule has 1 aliphatic heterocycles. The van der Waals surface area contributed by atoms with E-state index in [1.807, 2.05) is 18.3 Å². The van der Waals surface area contributed by atoms with Gasteiger partial charge in [-0.1, -0.05) is 13.0 Å². The third-order valence-electron chi connectivity index (χ3n) is 3.03. The van der Waals surface area contributed by atoms with Crippen molar-refractivity contribution < 1.29 is 4.74 Å². The van der Waals surface area contributed by atoms with Gasteiger partial charge in [-0.25, -0.2) is 0 Å². The summed E-state index contributed by atoms with van der Waals surface area (Å²) in [6, 6.07) is 6.01. The van der Waals surface area contributed by atoms with Crippen molar-refractivity contribution >= 4 is 0 Å². The van der Waals surface area contributed by atoms with E-state index in [2.05, 4.69) is 18.0 Å². The minimum atomic E-state index is 0.307. The van der Waals surface area contributed by atoms with Crippen LogP contribution in [0.25, 0.3) is 0 Å². The Bertz CT molecular complexity index is 309. The minimum Gasteiger partial charge on any atom is -0.380 e. The predicted octanol–water partition coefficient (Wildman–Crippen LogP) is 1.55. The molecule has 2 N–H and O–H groups in total. The fraction of sp³-hybridized carbons (Fsp3) is 0.583. The van der Waals surface area contributed by atoms with Crippen molar-refractivity contribution in [3.63, 3.8) is 0 Å². The third kappa shape index (κ3) is 2.36. The Labute approximate surface area is 90.7 Å². The maximum absolute atomic E-state index is 5.81. The fourth-order valence-electron chi connectivity index (χ4n) is 2.09. The third-order valence-corrected chi connectivity index (χ3v) is 3.03. The van der Waals surface area contributed by atoms with Crippen LogP contribution in [0.4, 0.5) is 0 Å². The van der Waals surface area contributed by atoms with Gasteiger partial charge in [0.05, 0.1) is 13.2 Å². The van der Waals surface area contributed by atoms with Crippen LogP contribution < -0.4 is 5.73 Å². The highest BCUT2D eigenvalue weighted by atomic mass is 16.5. The Balaban J connectivity index is 2.04. The molecule has 0 saturated carbocycles. The molecule has 1 fully saturated rings. The van der Waals surface area contributed by atoms with Gasteiger partial charge in [0.25, 0.3) is 0 Å². The van der Waals surface area contributed by atoms with Gasteiger partial charge in [-0.05, 0) is 18.6 Å². The first-order valence-electron chi connectivity index (χ1n) is 5.42. The van der Waals surface area contributed by atoms with E-state index in [0.29, 0.717) is 17.9 Å². The van der Waals surface area contributed by atoms with Crippen LogP contribution in [-0.2, 0) is 4.74 Å². The van der Waals surface area contributed by atoms with E-state index >= 15 is 0 Å². The number of ether oxygens (including phenoxy) is 1. The van der Waals surface area contributed by atoms with Gasteiger partial charge in [0.1, 0.15) is 0 Å². The second-order valence-corrected chi connectivity index (χ2v) is 4.69. The lowest BCUT2D eigenvalue weighted by Gasteiger charge is -2.40. The van der Waals surface area contributed by atoms with Crippen LogP contribution in [0.5, 0.6) is 0 Å². The number of hydrogen-bond acceptors (Lipinski definition) is 3. The van der Waals surface area contributed by atoms with E-state index in [0.717, 1.165) is 25.3 Å². The average molecular weight is 206 g/mol. The van der Waals surface area contributed by atoms with Crippen LogP contribution in [-0.4, -0.2) is 24.7 Å². The Morgan fingerprint density at radius 2 is 2.33 bits per heavy atom. The molecule has 0 bridgehead atoms. The molecule has 1 aromatic heterocycles. The number of nitrogens with zero attached hydrogens (tertiary/aromatic N) is 1. The molecule has 1 saturated heterocycles. The molecular formula is C12H18N2O. The normalized spacial score (nSPS) is 20.7. The Kier molecular flexibility index (Phi) is 3.03. The second kappa shape index (κ2) is 4.29. The molecule has 1 aliphatic rings. The molecular weight excluding hydrogens is 188 g/mol. The van der Waals surface area contributed by atoms with E-state index in [-0.39, 0.29) is 0 Å². The Morgan fingerprint density at radius 1 is 1.53 bits per heavy atom. The lowest BCUT2D eigenvalue weighted by molar-refractivity contribution is -0.108. The molecule has 82 valence electrons. The highest BCUT2D eigenvalue weighted by Crippen LogP contribution is 2.36. The summed E-state index contributed by atoms with van der Waals surface area (Å²) < 4.78 is 5.26. The molecule has 15 heavy (non-hydrogen) atoms. The van der Waals surface area contributed by atoms with Gasteiger partial charge in [0.2, 0.25) is 0 Å². The van der Waals surface area contributed by atoms with Gasteiger partial charge in [-0.15, -0.1) is 0 Å². The molecule has 0 radical (unpaired) electrons. The maximum atomic E-state index is 5.81. The van der Waals surface area contributed by atoms with Crippen molar-refractivity contribution in [3.05, 3.63) is 30.1 Å². The zero-order valence-electron chi connectivity index (χ0n) is 9.15. The van der Waals surface area contributed by atoms with Crippen LogP contribution in [0.3, 0.4) is 0 Å². The van der Waals surface area contributed by atoms with E-state index in [4.69, 9.17) is 10.5 Å². The summed E-state index contributed by atoms with van der Waals surface area (Å²) >= 11 is 0. The van der Waals surface area contributed by atoms with Gasteiger partial charge in [-0.3, -0.25) is 4.98 Å². The summed E-state index contributed by atoms with van der Waals surface area (Å²) in [5.74, 6) is 0.361. The van der Waals surface area contributed by atoms with Gasteiger partial charge < -0.3 is 10.5 Å². The molecule has 1 atom stereocenters. The smallest absolute Gasteiger partial charge is 0.0542 e. The lowest BCUT2D eigenvalue weighted by Crippen LogP contribution is -2.41. The zero-order valence-corrected chi connectivity index (χ0v) is 9.15. The standard InChI is InChI=1S/C12H18N2O/c1-12(8-15-9-12)6-10(7-13)11-4-2-3-5-14-11/h2-5,10H,6-9,13H2,1H3. The van der Waals surface area contributed by atoms with Crippen molar-refractivity contribution in [1.82, 2.24) is 4.98 Å². The first-order valence-corrected chi connectivity index (χ1v) is 5.42. The monoisotopic (exact) mass is 206 g/mol. The van der Waals surface area contributed by atoms with Crippen molar-refractivity contribution in [1.29, 1.82) is 0 Å². The second-order valence-electron chi connectivity index (χ2n) is 4.69. The molecule has 0 amide bonds. The van der Waals surface area contributed by atoms with Crippen molar-refractivity contribution in [2.75, 3.05) is 19.8 Å². The van der Waals surface area contributed by atoms with Crippen molar-refractivity contribution in [2.45, 2.75) is 19.3 Å². The lowest BCUT2D eigenvalue weighted by atomic mass is 9.78. The highest BCUT2D eigenvalue weighted by molar-refractivity contribution is 5.11. The summed E-state index contributed by atoms with van der Waals surface area (Å²) in [6.45, 7) is 4.63. The van der Waals surface area contributed by atoms with Crippen molar-refractivity contribution in [3.8, 4) is 0 Å². The molecule has 0 spiro atoms. The average Bonchev–Trinajstić information content (AvgIpc) is 2.25. The summed E-state index contributed by atoms with van der Waals surface area (Å²) in [6.07, 6.45) is 2.90. The van der Waals surface area contributed by atoms with E-state index in [1.165, 1.54) is 0 Å². The number of nitrogens with two attached hydrogens (primary N) is 1. The van der Waals surface area contributed by atoms with Crippen LogP contribution in [0.1, 0.15) is 25.0 Å². The molecule has 1 aromatic rings. The quantitative estimate of drug-likeness (QED) is 0.813. The number of aromatic nitrogens is 1. The molecule has 3 nitrogen and oxygen atoms in total. The number of hydrogen-bond donors (Lipinski definition) is 1. The largest absolute Gasteiger partial charge is 0.380 e. The van der Waals surface area contributed by atoms with Crippen LogP contribution in [0, 0.1) is 5.41 Å². The van der Waals surface area contributed by atoms with Gasteiger partial charge in [0, 0.05) is 29.8 Å². The van der Waals surface area contributed by atoms with E-state index in [1.54, 1.807) is 0 Å². The maximum Gasteiger partial charge on any atom is 0.0542 e. The van der Waals surface area contributed by atoms with Crippen LogP contribution in [0.2, 0.25) is 0 Å². The summed E-state index contributed by atoms with van der Waals surface area (Å²) in [4.78, 5) is 4.37. The first kappa shape index (κ1) is 10.6. The van der Waals surface area contributed by atoms with Crippen LogP contribution >= 0.6 is 0 Å². The van der Waals surface area contributed by atoms with E-state index in [9.17, 15) is 0 Å². The molecule has 2 heterocycles. The highest BCUT2D eigenvalue weighted by Gasteiger charge is 2.35. The minimum absolute atomic E-state index is 0.307. The van der Waals surface area contributed by atoms with Crippen LogP contribution in [0.15, 0.2) is 24.4 Å². The Morgan fingerprint density at radius 3 is 2.80 bits per heavy atom. The molecule has 1 unspecified atom stereocenters. The molecule has 0 aliphatic carbocycles. The summed E-state index contributed by atoms with van der Waals surface area (Å²) in [5, 5.41) is 0. The topological polar surface area (TPSA) is 48.1 Å². The molecule has 0 aromatic carbocycles. The van der Waals surface area contributed by atoms with Crippen molar-refractivity contribution in [2.24, 2.45) is 11.1 Å². The SMILES string of the molecule is CC1(CC(CN)c2ccccn2)COC1. The Hall–Kier alpha value is -0.930. The van der Waals surface area contributed by atoms with Gasteiger partial charge >= 0.3 is 0 Å². The summed E-state index contributed by atoms with van der Waals surface area (Å²) in [7, 11) is 0. The first-order chi connectivity index (χ1) is 7.23. The van der Waals surface area contributed by atoms with Gasteiger partial charge in [-0.2, -0.15) is 0 Å². The van der Waals surface area contributed by atoms with Gasteiger partial charge in [0.15, 0.2) is 0 Å². The number of pyridine rings is 1. The zero-order chi connectivity index (χ0) is 10.7. The number of rotatable bonds is 4.